The molecule has 0 aliphatic heterocycles. The van der Waals surface area contributed by atoms with E-state index in [0.29, 0.717) is 11.4 Å². The molecule has 0 saturated heterocycles. The molecule has 0 fully saturated rings. The van der Waals surface area contributed by atoms with Gasteiger partial charge in [0.25, 0.3) is 0 Å². The second-order valence-electron chi connectivity index (χ2n) is 3.00. The molecule has 0 radical (unpaired) electrons. The van der Waals surface area contributed by atoms with E-state index in [2.05, 4.69) is 19.1 Å². The lowest BCUT2D eigenvalue weighted by molar-refractivity contribution is 1.18. The third kappa shape index (κ3) is 2.51. The van der Waals surface area contributed by atoms with Crippen molar-refractivity contribution in [1.29, 1.82) is 0 Å². The summed E-state index contributed by atoms with van der Waals surface area (Å²) in [7, 11) is 0. The molecule has 0 aliphatic rings. The van der Waals surface area contributed by atoms with Crippen molar-refractivity contribution in [3.05, 3.63) is 35.9 Å². The average Bonchev–Trinajstić information content (AvgIpc) is 2.13. The summed E-state index contributed by atoms with van der Waals surface area (Å²) in [6.07, 6.45) is 6.17. The number of rotatable bonds is 3. The van der Waals surface area contributed by atoms with Gasteiger partial charge >= 0.3 is 0 Å². The zero-order valence-corrected chi connectivity index (χ0v) is 7.96. The Balaban J connectivity index is 2.77. The molecule has 2 heteroatoms. The number of hydrogen-bond donors (Lipinski definition) is 2. The summed E-state index contributed by atoms with van der Waals surface area (Å²) in [6.45, 7) is 2.11. The SMILES string of the molecule is CCC=CCc1cccc(N)c1N. The monoisotopic (exact) mass is 176 g/mol. The largest absolute Gasteiger partial charge is 0.397 e. The van der Waals surface area contributed by atoms with Crippen LogP contribution in [0, 0.1) is 0 Å². The van der Waals surface area contributed by atoms with Crippen molar-refractivity contribution >= 4 is 11.4 Å². The van der Waals surface area contributed by atoms with E-state index in [9.17, 15) is 0 Å². The van der Waals surface area contributed by atoms with Gasteiger partial charge in [0.05, 0.1) is 11.4 Å². The van der Waals surface area contributed by atoms with E-state index in [1.165, 1.54) is 0 Å². The number of allylic oxidation sites excluding steroid dienone is 2. The molecule has 0 atom stereocenters. The topological polar surface area (TPSA) is 52.0 Å². The molecular formula is C11H16N2. The Labute approximate surface area is 79.2 Å². The molecule has 1 rings (SSSR count). The molecule has 0 bridgehead atoms. The van der Waals surface area contributed by atoms with Crippen molar-refractivity contribution in [2.24, 2.45) is 0 Å². The molecule has 1 aromatic carbocycles. The molecule has 0 spiro atoms. The molecule has 0 aliphatic carbocycles. The van der Waals surface area contributed by atoms with Gasteiger partial charge in [0.15, 0.2) is 0 Å². The van der Waals surface area contributed by atoms with Crippen LogP contribution in [-0.2, 0) is 6.42 Å². The highest BCUT2D eigenvalue weighted by atomic mass is 14.7. The second-order valence-corrected chi connectivity index (χ2v) is 3.00. The lowest BCUT2D eigenvalue weighted by Crippen LogP contribution is -1.98. The molecule has 0 saturated carbocycles. The fraction of sp³-hybridized carbons (Fsp3) is 0.273. The zero-order chi connectivity index (χ0) is 9.68. The lowest BCUT2D eigenvalue weighted by Gasteiger charge is -2.04. The third-order valence-corrected chi connectivity index (χ3v) is 1.97. The summed E-state index contributed by atoms with van der Waals surface area (Å²) in [5, 5.41) is 0. The van der Waals surface area contributed by atoms with Crippen LogP contribution in [0.25, 0.3) is 0 Å². The Hall–Kier alpha value is -1.44. The summed E-state index contributed by atoms with van der Waals surface area (Å²) >= 11 is 0. The highest BCUT2D eigenvalue weighted by Gasteiger charge is 1.98. The van der Waals surface area contributed by atoms with E-state index in [4.69, 9.17) is 11.5 Å². The van der Waals surface area contributed by atoms with Crippen molar-refractivity contribution in [2.75, 3.05) is 11.5 Å². The van der Waals surface area contributed by atoms with Crippen LogP contribution in [0.15, 0.2) is 30.4 Å². The van der Waals surface area contributed by atoms with E-state index in [0.717, 1.165) is 18.4 Å². The lowest BCUT2D eigenvalue weighted by atomic mass is 10.1. The van der Waals surface area contributed by atoms with Gasteiger partial charge in [-0.1, -0.05) is 31.2 Å². The van der Waals surface area contributed by atoms with Crippen molar-refractivity contribution in [1.82, 2.24) is 0 Å². The number of benzene rings is 1. The highest BCUT2D eigenvalue weighted by Crippen LogP contribution is 2.19. The predicted octanol–water partition coefficient (Wildman–Crippen LogP) is 2.36. The zero-order valence-electron chi connectivity index (χ0n) is 7.96. The first kappa shape index (κ1) is 9.65. The summed E-state index contributed by atoms with van der Waals surface area (Å²) in [5.74, 6) is 0. The first-order valence-electron chi connectivity index (χ1n) is 4.53. The molecule has 13 heavy (non-hydrogen) atoms. The van der Waals surface area contributed by atoms with Gasteiger partial charge in [-0.25, -0.2) is 0 Å². The standard InChI is InChI=1S/C11H16N2/c1-2-3-4-6-9-7-5-8-10(12)11(9)13/h3-5,7-8H,2,6,12-13H2,1H3. The van der Waals surface area contributed by atoms with Gasteiger partial charge in [0.1, 0.15) is 0 Å². The van der Waals surface area contributed by atoms with Crippen LogP contribution < -0.4 is 11.5 Å². The van der Waals surface area contributed by atoms with E-state index < -0.39 is 0 Å². The van der Waals surface area contributed by atoms with Crippen molar-refractivity contribution in [3.8, 4) is 0 Å². The molecule has 1 aromatic rings. The number of para-hydroxylation sites is 1. The number of nitrogens with two attached hydrogens (primary N) is 2. The smallest absolute Gasteiger partial charge is 0.0583 e. The van der Waals surface area contributed by atoms with Gasteiger partial charge in [-0.05, 0) is 24.5 Å². The minimum Gasteiger partial charge on any atom is -0.397 e. The molecule has 2 nitrogen and oxygen atoms in total. The third-order valence-electron chi connectivity index (χ3n) is 1.97. The van der Waals surface area contributed by atoms with Gasteiger partial charge in [0, 0.05) is 0 Å². The maximum absolute atomic E-state index is 5.81. The Morgan fingerprint density at radius 1 is 1.23 bits per heavy atom. The summed E-state index contributed by atoms with van der Waals surface area (Å²) < 4.78 is 0. The first-order valence-corrected chi connectivity index (χ1v) is 4.53. The summed E-state index contributed by atoms with van der Waals surface area (Å²) in [6, 6.07) is 5.76. The molecule has 70 valence electrons. The predicted molar refractivity (Wildman–Crippen MR) is 58.4 cm³/mol. The van der Waals surface area contributed by atoms with E-state index >= 15 is 0 Å². The maximum Gasteiger partial charge on any atom is 0.0583 e. The Morgan fingerprint density at radius 2 is 2.00 bits per heavy atom. The molecule has 0 amide bonds. The number of nitrogen functional groups attached to an aromatic ring is 2. The minimum absolute atomic E-state index is 0.669. The fourth-order valence-corrected chi connectivity index (χ4v) is 1.19. The number of hydrogen-bond acceptors (Lipinski definition) is 2. The Bertz CT molecular complexity index is 303. The van der Waals surface area contributed by atoms with Gasteiger partial charge in [-0.3, -0.25) is 0 Å². The van der Waals surface area contributed by atoms with E-state index in [1.807, 2.05) is 18.2 Å². The Kier molecular flexibility index (Phi) is 3.38. The van der Waals surface area contributed by atoms with Gasteiger partial charge in [0.2, 0.25) is 0 Å². The maximum atomic E-state index is 5.81. The van der Waals surface area contributed by atoms with E-state index in [1.54, 1.807) is 0 Å². The van der Waals surface area contributed by atoms with Crippen molar-refractivity contribution < 1.29 is 0 Å². The molecule has 0 unspecified atom stereocenters. The van der Waals surface area contributed by atoms with Crippen LogP contribution in [0.1, 0.15) is 18.9 Å². The minimum atomic E-state index is 0.669. The molecular weight excluding hydrogens is 160 g/mol. The fourth-order valence-electron chi connectivity index (χ4n) is 1.19. The van der Waals surface area contributed by atoms with Crippen molar-refractivity contribution in [3.63, 3.8) is 0 Å². The quantitative estimate of drug-likeness (QED) is 0.548. The van der Waals surface area contributed by atoms with Gasteiger partial charge in [-0.2, -0.15) is 0 Å². The average molecular weight is 176 g/mol. The highest BCUT2D eigenvalue weighted by molar-refractivity contribution is 5.67. The molecule has 0 aromatic heterocycles. The van der Waals surface area contributed by atoms with E-state index in [-0.39, 0.29) is 0 Å². The second kappa shape index (κ2) is 4.55. The van der Waals surface area contributed by atoms with Gasteiger partial charge < -0.3 is 11.5 Å². The first-order chi connectivity index (χ1) is 6.25. The molecule has 0 heterocycles. The van der Waals surface area contributed by atoms with Crippen LogP contribution in [0.2, 0.25) is 0 Å². The summed E-state index contributed by atoms with van der Waals surface area (Å²) in [4.78, 5) is 0. The van der Waals surface area contributed by atoms with Crippen LogP contribution in [0.5, 0.6) is 0 Å². The van der Waals surface area contributed by atoms with Crippen LogP contribution in [0.4, 0.5) is 11.4 Å². The Morgan fingerprint density at radius 3 is 2.69 bits per heavy atom. The molecule has 4 N–H and O–H groups in total. The van der Waals surface area contributed by atoms with Crippen molar-refractivity contribution in [2.45, 2.75) is 19.8 Å². The van der Waals surface area contributed by atoms with Gasteiger partial charge in [-0.15, -0.1) is 0 Å². The van der Waals surface area contributed by atoms with Crippen LogP contribution >= 0.6 is 0 Å². The van der Waals surface area contributed by atoms with Crippen LogP contribution in [-0.4, -0.2) is 0 Å². The summed E-state index contributed by atoms with van der Waals surface area (Å²) in [5.41, 5.74) is 14.0. The van der Waals surface area contributed by atoms with Crippen LogP contribution in [0.3, 0.4) is 0 Å². The number of anilines is 2. The normalized spacial score (nSPS) is 10.8.